The van der Waals surface area contributed by atoms with Crippen LogP contribution in [0.5, 0.6) is 0 Å². The Morgan fingerprint density at radius 1 is 1.59 bits per heavy atom. The molecule has 0 unspecified atom stereocenters. The Morgan fingerprint density at radius 3 is 2.59 bits per heavy atom. The van der Waals surface area contributed by atoms with E-state index in [1.807, 2.05) is 0 Å². The molecule has 0 aliphatic heterocycles. The van der Waals surface area contributed by atoms with Gasteiger partial charge in [-0.1, -0.05) is 0 Å². The van der Waals surface area contributed by atoms with Gasteiger partial charge in [-0.25, -0.2) is 13.8 Å². The molecule has 92 valence electrons. The number of carbonyl (C=O) groups is 1. The molecule has 0 atom stereocenters. The maximum absolute atomic E-state index is 13.1. The standard InChI is InChI=1S/C8H5F3N2O4/c9-7(10)4-1-3(2-5(14)15)12-8(11)6(4)13(16)17/h1,7H,2H2,(H,14,15). The van der Waals surface area contributed by atoms with Gasteiger partial charge < -0.3 is 5.11 Å². The van der Waals surface area contributed by atoms with Crippen LogP contribution in [0.25, 0.3) is 0 Å². The number of rotatable bonds is 4. The molecular formula is C8H5F3N2O4. The van der Waals surface area contributed by atoms with Gasteiger partial charge >= 0.3 is 11.7 Å². The molecule has 0 fully saturated rings. The first-order valence-corrected chi connectivity index (χ1v) is 4.16. The number of hydrogen-bond donors (Lipinski definition) is 1. The Kier molecular flexibility index (Phi) is 3.61. The maximum atomic E-state index is 13.1. The number of nitrogens with zero attached hydrogens (tertiary/aromatic N) is 2. The van der Waals surface area contributed by atoms with Crippen LogP contribution in [0.15, 0.2) is 6.07 Å². The van der Waals surface area contributed by atoms with Crippen LogP contribution in [0.1, 0.15) is 17.7 Å². The Balaban J connectivity index is 3.35. The third-order valence-electron chi connectivity index (χ3n) is 1.78. The normalized spacial score (nSPS) is 10.6. The third-order valence-corrected chi connectivity index (χ3v) is 1.78. The van der Waals surface area contributed by atoms with Crippen LogP contribution in [0, 0.1) is 16.1 Å². The number of aliphatic carboxylic acids is 1. The summed E-state index contributed by atoms with van der Waals surface area (Å²) in [7, 11) is 0. The Bertz CT molecular complexity index is 478. The average Bonchev–Trinajstić information content (AvgIpc) is 2.14. The average molecular weight is 250 g/mol. The summed E-state index contributed by atoms with van der Waals surface area (Å²) in [6.07, 6.45) is -4.09. The molecular weight excluding hydrogens is 245 g/mol. The van der Waals surface area contributed by atoms with Gasteiger partial charge in [-0.15, -0.1) is 0 Å². The predicted molar refractivity (Wildman–Crippen MR) is 47.1 cm³/mol. The first kappa shape index (κ1) is 12.9. The van der Waals surface area contributed by atoms with Gasteiger partial charge in [0.1, 0.15) is 5.56 Å². The minimum atomic E-state index is -3.29. The Hall–Kier alpha value is -2.19. The second-order valence-corrected chi connectivity index (χ2v) is 2.97. The van der Waals surface area contributed by atoms with E-state index in [2.05, 4.69) is 4.98 Å². The highest BCUT2D eigenvalue weighted by Gasteiger charge is 2.28. The highest BCUT2D eigenvalue weighted by molar-refractivity contribution is 5.69. The van der Waals surface area contributed by atoms with E-state index < -0.39 is 46.6 Å². The summed E-state index contributed by atoms with van der Waals surface area (Å²) in [5, 5.41) is 18.7. The van der Waals surface area contributed by atoms with Crippen LogP contribution in [0.3, 0.4) is 0 Å². The van der Waals surface area contributed by atoms with Crippen LogP contribution in [0.2, 0.25) is 0 Å². The summed E-state index contributed by atoms with van der Waals surface area (Å²) in [6.45, 7) is 0. The molecule has 1 heterocycles. The summed E-state index contributed by atoms with van der Waals surface area (Å²) in [4.78, 5) is 22.3. The van der Waals surface area contributed by atoms with Crippen LogP contribution in [-0.4, -0.2) is 21.0 Å². The molecule has 0 aliphatic carbocycles. The minimum Gasteiger partial charge on any atom is -0.481 e. The van der Waals surface area contributed by atoms with E-state index >= 15 is 0 Å². The lowest BCUT2D eigenvalue weighted by Gasteiger charge is -2.04. The predicted octanol–water partition coefficient (Wildman–Crippen LogP) is 1.69. The van der Waals surface area contributed by atoms with E-state index in [1.54, 1.807) is 0 Å². The molecule has 6 nitrogen and oxygen atoms in total. The molecule has 1 aromatic rings. The Labute approximate surface area is 91.9 Å². The van der Waals surface area contributed by atoms with Crippen LogP contribution >= 0.6 is 0 Å². The van der Waals surface area contributed by atoms with Crippen molar-refractivity contribution in [2.45, 2.75) is 12.8 Å². The molecule has 1 rings (SSSR count). The smallest absolute Gasteiger partial charge is 0.332 e. The number of carboxylic acid groups (broad SMARTS) is 1. The van der Waals surface area contributed by atoms with E-state index in [9.17, 15) is 28.1 Å². The van der Waals surface area contributed by atoms with Crippen LogP contribution in [-0.2, 0) is 11.2 Å². The van der Waals surface area contributed by atoms with Crippen molar-refractivity contribution in [3.05, 3.63) is 33.4 Å². The van der Waals surface area contributed by atoms with Crippen molar-refractivity contribution in [3.63, 3.8) is 0 Å². The van der Waals surface area contributed by atoms with Gasteiger partial charge in [0, 0.05) is 0 Å². The summed E-state index contributed by atoms with van der Waals surface area (Å²) in [5.74, 6) is -3.13. The fourth-order valence-electron chi connectivity index (χ4n) is 1.17. The van der Waals surface area contributed by atoms with Crippen molar-refractivity contribution in [1.82, 2.24) is 4.98 Å². The topological polar surface area (TPSA) is 93.3 Å². The number of hydrogen-bond acceptors (Lipinski definition) is 4. The largest absolute Gasteiger partial charge is 0.481 e. The maximum Gasteiger partial charge on any atom is 0.332 e. The molecule has 0 spiro atoms. The monoisotopic (exact) mass is 250 g/mol. The SMILES string of the molecule is O=C(O)Cc1cc(C(F)F)c([N+](=O)[O-])c(F)n1. The number of alkyl halides is 2. The lowest BCUT2D eigenvalue weighted by atomic mass is 10.1. The van der Waals surface area contributed by atoms with Crippen molar-refractivity contribution < 1.29 is 28.0 Å². The van der Waals surface area contributed by atoms with Gasteiger partial charge in [0.15, 0.2) is 0 Å². The molecule has 17 heavy (non-hydrogen) atoms. The van der Waals surface area contributed by atoms with E-state index in [0.717, 1.165) is 0 Å². The van der Waals surface area contributed by atoms with E-state index in [4.69, 9.17) is 5.11 Å². The fraction of sp³-hybridized carbons (Fsp3) is 0.250. The molecule has 0 saturated carbocycles. The second kappa shape index (κ2) is 4.76. The van der Waals surface area contributed by atoms with Crippen molar-refractivity contribution in [3.8, 4) is 0 Å². The minimum absolute atomic E-state index is 0.504. The van der Waals surface area contributed by atoms with E-state index in [1.165, 1.54) is 0 Å². The van der Waals surface area contributed by atoms with Crippen molar-refractivity contribution >= 4 is 11.7 Å². The molecule has 0 aliphatic rings. The van der Waals surface area contributed by atoms with E-state index in [-0.39, 0.29) is 0 Å². The summed E-state index contributed by atoms with van der Waals surface area (Å²) >= 11 is 0. The zero-order valence-corrected chi connectivity index (χ0v) is 8.06. The van der Waals surface area contributed by atoms with Gasteiger partial charge in [0.2, 0.25) is 0 Å². The summed E-state index contributed by atoms with van der Waals surface area (Å²) in [6, 6.07) is 0.514. The third kappa shape index (κ3) is 2.89. The van der Waals surface area contributed by atoms with Crippen molar-refractivity contribution in [1.29, 1.82) is 0 Å². The quantitative estimate of drug-likeness (QED) is 0.498. The number of nitro groups is 1. The first-order valence-electron chi connectivity index (χ1n) is 4.16. The van der Waals surface area contributed by atoms with Crippen molar-refractivity contribution in [2.24, 2.45) is 0 Å². The van der Waals surface area contributed by atoms with Crippen LogP contribution < -0.4 is 0 Å². The zero-order chi connectivity index (χ0) is 13.2. The molecule has 0 bridgehead atoms. The molecule has 0 saturated heterocycles. The zero-order valence-electron chi connectivity index (χ0n) is 8.06. The highest BCUT2D eigenvalue weighted by atomic mass is 19.3. The summed E-state index contributed by atoms with van der Waals surface area (Å²) < 4.78 is 38.0. The number of pyridine rings is 1. The number of aromatic nitrogens is 1. The van der Waals surface area contributed by atoms with Crippen molar-refractivity contribution in [2.75, 3.05) is 0 Å². The van der Waals surface area contributed by atoms with Gasteiger partial charge in [0.25, 0.3) is 12.4 Å². The number of halogens is 3. The highest BCUT2D eigenvalue weighted by Crippen LogP contribution is 2.30. The van der Waals surface area contributed by atoms with Gasteiger partial charge in [-0.3, -0.25) is 14.9 Å². The summed E-state index contributed by atoms with van der Waals surface area (Å²) in [5.41, 5.74) is -3.12. The second-order valence-electron chi connectivity index (χ2n) is 2.97. The molecule has 0 amide bonds. The van der Waals surface area contributed by atoms with Gasteiger partial charge in [-0.05, 0) is 6.07 Å². The molecule has 1 aromatic heterocycles. The Morgan fingerprint density at radius 2 is 2.18 bits per heavy atom. The first-order chi connectivity index (χ1) is 7.82. The molecule has 1 N–H and O–H groups in total. The van der Waals surface area contributed by atoms with Crippen LogP contribution in [0.4, 0.5) is 18.9 Å². The lowest BCUT2D eigenvalue weighted by Crippen LogP contribution is -2.08. The van der Waals surface area contributed by atoms with Gasteiger partial charge in [-0.2, -0.15) is 4.39 Å². The van der Waals surface area contributed by atoms with Gasteiger partial charge in [0.05, 0.1) is 17.0 Å². The fourth-order valence-corrected chi connectivity index (χ4v) is 1.17. The lowest BCUT2D eigenvalue weighted by molar-refractivity contribution is -0.389. The molecule has 0 radical (unpaired) electrons. The number of carboxylic acids is 1. The van der Waals surface area contributed by atoms with E-state index in [0.29, 0.717) is 6.07 Å². The molecule has 9 heteroatoms. The molecule has 0 aromatic carbocycles.